The molecule has 2 aromatic carbocycles. The van der Waals surface area contributed by atoms with Crippen molar-refractivity contribution >= 4 is 17.8 Å². The molecule has 2 heteroatoms. The van der Waals surface area contributed by atoms with E-state index in [1.54, 1.807) is 4.90 Å². The van der Waals surface area contributed by atoms with E-state index in [4.69, 9.17) is 0 Å². The van der Waals surface area contributed by atoms with Crippen LogP contribution >= 0.6 is 0 Å². The molecule has 0 fully saturated rings. The first kappa shape index (κ1) is 17.3. The molecule has 0 heterocycles. The van der Waals surface area contributed by atoms with Crippen LogP contribution in [0.3, 0.4) is 0 Å². The highest BCUT2D eigenvalue weighted by Gasteiger charge is 2.08. The molecule has 2 aromatic rings. The van der Waals surface area contributed by atoms with Gasteiger partial charge in [-0.1, -0.05) is 51.0 Å². The average molecular weight is 309 g/mol. The van der Waals surface area contributed by atoms with Crippen LogP contribution in [0.5, 0.6) is 0 Å². The van der Waals surface area contributed by atoms with Gasteiger partial charge in [0.1, 0.15) is 0 Å². The van der Waals surface area contributed by atoms with Gasteiger partial charge >= 0.3 is 0 Å². The highest BCUT2D eigenvalue weighted by atomic mass is 16.1. The summed E-state index contributed by atoms with van der Waals surface area (Å²) in [6.45, 7) is 4.40. The SMILES string of the molecule is CCCCc1ccc(N(C=O)c2ccc(CCCC)cc2)cc1. The Morgan fingerprint density at radius 3 is 1.43 bits per heavy atom. The second-order valence-electron chi connectivity index (χ2n) is 6.02. The zero-order chi connectivity index (χ0) is 16.5. The van der Waals surface area contributed by atoms with E-state index in [0.717, 1.165) is 30.6 Å². The Morgan fingerprint density at radius 1 is 0.739 bits per heavy atom. The average Bonchev–Trinajstić information content (AvgIpc) is 2.61. The Hall–Kier alpha value is -2.09. The number of aryl methyl sites for hydroxylation is 2. The van der Waals surface area contributed by atoms with Crippen molar-refractivity contribution in [2.75, 3.05) is 4.90 Å². The molecule has 0 saturated carbocycles. The van der Waals surface area contributed by atoms with Crippen molar-refractivity contribution in [2.45, 2.75) is 52.4 Å². The highest BCUT2D eigenvalue weighted by molar-refractivity contribution is 5.86. The minimum Gasteiger partial charge on any atom is -0.284 e. The fraction of sp³-hybridized carbons (Fsp3) is 0.381. The quantitative estimate of drug-likeness (QED) is 0.547. The summed E-state index contributed by atoms with van der Waals surface area (Å²) in [5, 5.41) is 0. The van der Waals surface area contributed by atoms with E-state index in [0.29, 0.717) is 0 Å². The number of benzene rings is 2. The van der Waals surface area contributed by atoms with Gasteiger partial charge in [-0.25, -0.2) is 0 Å². The Morgan fingerprint density at radius 2 is 1.13 bits per heavy atom. The molecule has 0 aliphatic carbocycles. The van der Waals surface area contributed by atoms with Gasteiger partial charge in [-0.2, -0.15) is 0 Å². The molecule has 2 nitrogen and oxygen atoms in total. The number of hydrogen-bond acceptors (Lipinski definition) is 1. The molecule has 0 saturated heterocycles. The van der Waals surface area contributed by atoms with Crippen LogP contribution in [-0.4, -0.2) is 6.41 Å². The smallest absolute Gasteiger partial charge is 0.218 e. The van der Waals surface area contributed by atoms with Crippen LogP contribution in [-0.2, 0) is 17.6 Å². The van der Waals surface area contributed by atoms with Crippen LogP contribution in [0.25, 0.3) is 0 Å². The number of amides is 1. The first-order chi connectivity index (χ1) is 11.3. The van der Waals surface area contributed by atoms with Crippen molar-refractivity contribution in [3.63, 3.8) is 0 Å². The molecular weight excluding hydrogens is 282 g/mol. The molecule has 0 radical (unpaired) electrons. The molecule has 0 unspecified atom stereocenters. The third-order valence-corrected chi connectivity index (χ3v) is 4.17. The second-order valence-corrected chi connectivity index (χ2v) is 6.02. The minimum absolute atomic E-state index is 0.891. The van der Waals surface area contributed by atoms with Crippen LogP contribution in [0.1, 0.15) is 50.7 Å². The van der Waals surface area contributed by atoms with Gasteiger partial charge in [0.25, 0.3) is 0 Å². The fourth-order valence-electron chi connectivity index (χ4n) is 2.68. The molecule has 1 amide bonds. The number of carbonyl (C=O) groups excluding carboxylic acids is 1. The van der Waals surface area contributed by atoms with Crippen molar-refractivity contribution in [3.8, 4) is 0 Å². The summed E-state index contributed by atoms with van der Waals surface area (Å²) in [5.74, 6) is 0. The van der Waals surface area contributed by atoms with Crippen LogP contribution in [0.2, 0.25) is 0 Å². The number of nitrogens with zero attached hydrogens (tertiary/aromatic N) is 1. The standard InChI is InChI=1S/C21H27NO/c1-3-5-7-18-9-13-20(14-10-18)22(17-23)21-15-11-19(12-16-21)8-6-4-2/h9-17H,3-8H2,1-2H3. The molecule has 23 heavy (non-hydrogen) atoms. The largest absolute Gasteiger partial charge is 0.284 e. The van der Waals surface area contributed by atoms with E-state index >= 15 is 0 Å². The Bertz CT molecular complexity index is 535. The van der Waals surface area contributed by atoms with Crippen LogP contribution in [0.4, 0.5) is 11.4 Å². The van der Waals surface area contributed by atoms with Crippen LogP contribution in [0.15, 0.2) is 48.5 Å². The molecule has 0 spiro atoms. The summed E-state index contributed by atoms with van der Waals surface area (Å²) in [4.78, 5) is 13.2. The predicted molar refractivity (Wildman–Crippen MR) is 98.3 cm³/mol. The predicted octanol–water partition coefficient (Wildman–Crippen LogP) is 5.67. The lowest BCUT2D eigenvalue weighted by Crippen LogP contribution is -2.14. The van der Waals surface area contributed by atoms with E-state index in [1.165, 1.54) is 36.8 Å². The lowest BCUT2D eigenvalue weighted by molar-refractivity contribution is -0.106. The lowest BCUT2D eigenvalue weighted by Gasteiger charge is -2.18. The summed E-state index contributed by atoms with van der Waals surface area (Å²) in [5.41, 5.74) is 4.50. The van der Waals surface area contributed by atoms with E-state index in [-0.39, 0.29) is 0 Å². The van der Waals surface area contributed by atoms with Crippen LogP contribution in [0, 0.1) is 0 Å². The van der Waals surface area contributed by atoms with Gasteiger partial charge in [0.15, 0.2) is 0 Å². The zero-order valence-corrected chi connectivity index (χ0v) is 14.3. The fourth-order valence-corrected chi connectivity index (χ4v) is 2.68. The van der Waals surface area contributed by atoms with Gasteiger partial charge in [-0.05, 0) is 61.1 Å². The summed E-state index contributed by atoms with van der Waals surface area (Å²) in [6.07, 6.45) is 7.90. The zero-order valence-electron chi connectivity index (χ0n) is 14.3. The van der Waals surface area contributed by atoms with E-state index in [1.807, 2.05) is 24.3 Å². The number of rotatable bonds is 9. The summed E-state index contributed by atoms with van der Waals surface area (Å²) in [7, 11) is 0. The van der Waals surface area contributed by atoms with Crippen molar-refractivity contribution < 1.29 is 4.79 Å². The number of carbonyl (C=O) groups is 1. The number of unbranched alkanes of at least 4 members (excludes halogenated alkanes) is 2. The Labute approximate surface area is 140 Å². The van der Waals surface area contributed by atoms with Gasteiger partial charge in [0, 0.05) is 11.4 Å². The first-order valence-corrected chi connectivity index (χ1v) is 8.71. The third kappa shape index (κ3) is 4.95. The molecule has 0 aromatic heterocycles. The molecular formula is C21H27NO. The van der Waals surface area contributed by atoms with Crippen molar-refractivity contribution in [3.05, 3.63) is 59.7 Å². The summed E-state index contributed by atoms with van der Waals surface area (Å²) < 4.78 is 0. The van der Waals surface area contributed by atoms with Gasteiger partial charge < -0.3 is 0 Å². The molecule has 0 aliphatic rings. The van der Waals surface area contributed by atoms with Crippen molar-refractivity contribution in [2.24, 2.45) is 0 Å². The van der Waals surface area contributed by atoms with Gasteiger partial charge in [-0.3, -0.25) is 9.69 Å². The highest BCUT2D eigenvalue weighted by Crippen LogP contribution is 2.25. The summed E-state index contributed by atoms with van der Waals surface area (Å²) in [6, 6.07) is 16.6. The topological polar surface area (TPSA) is 20.3 Å². The van der Waals surface area contributed by atoms with Crippen molar-refractivity contribution in [1.82, 2.24) is 0 Å². The summed E-state index contributed by atoms with van der Waals surface area (Å²) >= 11 is 0. The maximum Gasteiger partial charge on any atom is 0.218 e. The number of anilines is 2. The third-order valence-electron chi connectivity index (χ3n) is 4.17. The van der Waals surface area contributed by atoms with Crippen molar-refractivity contribution in [1.29, 1.82) is 0 Å². The Balaban J connectivity index is 2.10. The number of hydrogen-bond donors (Lipinski definition) is 0. The van der Waals surface area contributed by atoms with E-state index < -0.39 is 0 Å². The molecule has 0 aliphatic heterocycles. The second kappa shape index (κ2) is 9.14. The maximum absolute atomic E-state index is 11.5. The van der Waals surface area contributed by atoms with E-state index in [9.17, 15) is 4.79 Å². The minimum atomic E-state index is 0.891. The first-order valence-electron chi connectivity index (χ1n) is 8.71. The molecule has 0 atom stereocenters. The van der Waals surface area contributed by atoms with Crippen LogP contribution < -0.4 is 4.90 Å². The monoisotopic (exact) mass is 309 g/mol. The maximum atomic E-state index is 11.5. The molecule has 122 valence electrons. The molecule has 2 rings (SSSR count). The van der Waals surface area contributed by atoms with Gasteiger partial charge in [0.2, 0.25) is 6.41 Å². The normalized spacial score (nSPS) is 10.5. The molecule has 0 bridgehead atoms. The molecule has 0 N–H and O–H groups in total. The van der Waals surface area contributed by atoms with Gasteiger partial charge in [0.05, 0.1) is 0 Å². The Kier molecular flexibility index (Phi) is 6.86. The van der Waals surface area contributed by atoms with E-state index in [2.05, 4.69) is 38.1 Å². The lowest BCUT2D eigenvalue weighted by atomic mass is 10.1. The van der Waals surface area contributed by atoms with Gasteiger partial charge in [-0.15, -0.1) is 0 Å².